The Balaban J connectivity index is 0.00000180. The molecule has 0 bridgehead atoms. The van der Waals surface area contributed by atoms with Crippen LogP contribution in [0.4, 0.5) is 0 Å². The summed E-state index contributed by atoms with van der Waals surface area (Å²) in [5, 5.41) is 0. The van der Waals surface area contributed by atoms with Gasteiger partial charge in [0.2, 0.25) is 0 Å². The monoisotopic (exact) mass is 367 g/mol. The zero-order chi connectivity index (χ0) is 12.8. The van der Waals surface area contributed by atoms with Crippen molar-refractivity contribution in [1.82, 2.24) is 0 Å². The molecule has 0 saturated carbocycles. The van der Waals surface area contributed by atoms with Gasteiger partial charge in [-0.1, -0.05) is 30.4 Å². The van der Waals surface area contributed by atoms with Crippen molar-refractivity contribution in [2.24, 2.45) is 0 Å². The van der Waals surface area contributed by atoms with Gasteiger partial charge in [-0.25, -0.2) is 4.57 Å². The summed E-state index contributed by atoms with van der Waals surface area (Å²) in [6, 6.07) is 12.2. The predicted molar refractivity (Wildman–Crippen MR) is 74.2 cm³/mol. The Morgan fingerprint density at radius 2 is 1.74 bits per heavy atom. The van der Waals surface area contributed by atoms with Crippen molar-refractivity contribution in [3.63, 3.8) is 0 Å². The van der Waals surface area contributed by atoms with Crippen LogP contribution in [0.1, 0.15) is 18.1 Å². The number of nitrogens with zero attached hydrogens (tertiary/aromatic N) is 1. The van der Waals surface area contributed by atoms with Crippen molar-refractivity contribution in [3.8, 4) is 5.75 Å². The quantitative estimate of drug-likeness (QED) is 0.555. The molecule has 0 saturated heterocycles. The predicted octanol–water partition coefficient (Wildman–Crippen LogP) is 0.177. The van der Waals surface area contributed by atoms with Crippen LogP contribution >= 0.6 is 0 Å². The summed E-state index contributed by atoms with van der Waals surface area (Å²) in [6.45, 7) is 3.13. The molecule has 2 nitrogen and oxygen atoms in total. The van der Waals surface area contributed by atoms with E-state index < -0.39 is 0 Å². The average molecular weight is 367 g/mol. The lowest BCUT2D eigenvalue weighted by atomic mass is 10.1. The molecule has 100 valence electrons. The van der Waals surface area contributed by atoms with E-state index in [0.717, 1.165) is 17.9 Å². The van der Waals surface area contributed by atoms with E-state index in [1.165, 1.54) is 5.56 Å². The number of ether oxygens (including phenoxy) is 1. The van der Waals surface area contributed by atoms with Crippen molar-refractivity contribution >= 4 is 12.2 Å². The third kappa shape index (κ3) is 4.35. The maximum atomic E-state index is 5.31. The molecule has 2 aromatic rings. The molecule has 0 aliphatic rings. The minimum atomic E-state index is 0. The highest BCUT2D eigenvalue weighted by atomic mass is 127. The standard InChI is InChI=1S/C16H18NO.HI/c1-3-17-12-10-14(11-13-17)8-9-15-6-4-5-7-16(15)18-2;/h4-13H,3H2,1-2H3;1H/q+1;/p-1/b9-8+;. The molecule has 0 spiro atoms. The number of para-hydroxylation sites is 1. The van der Waals surface area contributed by atoms with Crippen molar-refractivity contribution in [1.29, 1.82) is 0 Å². The van der Waals surface area contributed by atoms with Crippen LogP contribution in [0.5, 0.6) is 5.75 Å². The van der Waals surface area contributed by atoms with Crippen LogP contribution in [-0.2, 0) is 6.54 Å². The molecule has 1 heterocycles. The van der Waals surface area contributed by atoms with Crippen molar-refractivity contribution in [3.05, 3.63) is 59.9 Å². The van der Waals surface area contributed by atoms with Gasteiger partial charge in [-0.3, -0.25) is 0 Å². The third-order valence-corrected chi connectivity index (χ3v) is 2.88. The van der Waals surface area contributed by atoms with Gasteiger partial charge in [-0.15, -0.1) is 0 Å². The molecule has 0 aliphatic heterocycles. The number of methoxy groups -OCH3 is 1. The van der Waals surface area contributed by atoms with Crippen LogP contribution in [0.25, 0.3) is 12.2 Å². The van der Waals surface area contributed by atoms with Gasteiger partial charge < -0.3 is 28.7 Å². The smallest absolute Gasteiger partial charge is 0.169 e. The third-order valence-electron chi connectivity index (χ3n) is 2.88. The van der Waals surface area contributed by atoms with Gasteiger partial charge in [-0.05, 0) is 18.6 Å². The molecule has 0 N–H and O–H groups in total. The van der Waals surface area contributed by atoms with Crippen LogP contribution in [0.15, 0.2) is 48.8 Å². The molecular formula is C16H18INO. The van der Waals surface area contributed by atoms with E-state index in [1.807, 2.05) is 24.3 Å². The Morgan fingerprint density at radius 3 is 2.37 bits per heavy atom. The summed E-state index contributed by atoms with van der Waals surface area (Å²) in [6.07, 6.45) is 8.34. The number of aromatic nitrogens is 1. The largest absolute Gasteiger partial charge is 1.00 e. The molecule has 0 radical (unpaired) electrons. The minimum Gasteiger partial charge on any atom is -1.00 e. The van der Waals surface area contributed by atoms with Crippen molar-refractivity contribution in [2.75, 3.05) is 7.11 Å². The lowest BCUT2D eigenvalue weighted by Crippen LogP contribution is -3.00. The molecule has 19 heavy (non-hydrogen) atoms. The molecule has 0 unspecified atom stereocenters. The summed E-state index contributed by atoms with van der Waals surface area (Å²) in [7, 11) is 1.69. The number of aryl methyl sites for hydroxylation is 1. The number of hydrogen-bond donors (Lipinski definition) is 0. The minimum absolute atomic E-state index is 0. The fourth-order valence-corrected chi connectivity index (χ4v) is 1.78. The molecule has 0 aliphatic carbocycles. The molecule has 2 rings (SSSR count). The number of pyridine rings is 1. The van der Waals surface area contributed by atoms with E-state index in [9.17, 15) is 0 Å². The van der Waals surface area contributed by atoms with E-state index >= 15 is 0 Å². The summed E-state index contributed by atoms with van der Waals surface area (Å²) in [5.74, 6) is 0.897. The number of rotatable bonds is 4. The summed E-state index contributed by atoms with van der Waals surface area (Å²) < 4.78 is 7.45. The highest BCUT2D eigenvalue weighted by molar-refractivity contribution is 5.72. The number of halogens is 1. The highest BCUT2D eigenvalue weighted by Gasteiger charge is 1.98. The topological polar surface area (TPSA) is 13.1 Å². The highest BCUT2D eigenvalue weighted by Crippen LogP contribution is 2.19. The Hall–Kier alpha value is -1.36. The van der Waals surface area contributed by atoms with Gasteiger partial charge in [0.1, 0.15) is 12.3 Å². The van der Waals surface area contributed by atoms with Gasteiger partial charge in [0.05, 0.1) is 7.11 Å². The molecule has 0 atom stereocenters. The van der Waals surface area contributed by atoms with Crippen LogP contribution in [0.3, 0.4) is 0 Å². The first-order chi connectivity index (χ1) is 8.83. The average Bonchev–Trinajstić information content (AvgIpc) is 2.46. The molecule has 1 aromatic carbocycles. The summed E-state index contributed by atoms with van der Waals surface area (Å²) in [5.41, 5.74) is 2.28. The van der Waals surface area contributed by atoms with Crippen molar-refractivity contribution in [2.45, 2.75) is 13.5 Å². The van der Waals surface area contributed by atoms with E-state index in [4.69, 9.17) is 4.74 Å². The van der Waals surface area contributed by atoms with E-state index in [0.29, 0.717) is 0 Å². The van der Waals surface area contributed by atoms with Crippen LogP contribution in [0, 0.1) is 0 Å². The first-order valence-electron chi connectivity index (χ1n) is 6.13. The van der Waals surface area contributed by atoms with Gasteiger partial charge in [0.15, 0.2) is 12.4 Å². The molecular weight excluding hydrogens is 349 g/mol. The first kappa shape index (κ1) is 15.7. The van der Waals surface area contributed by atoms with Gasteiger partial charge >= 0.3 is 0 Å². The second kappa shape index (κ2) is 7.94. The zero-order valence-corrected chi connectivity index (χ0v) is 13.4. The molecule has 0 fully saturated rings. The van der Waals surface area contributed by atoms with Crippen LogP contribution in [0.2, 0.25) is 0 Å². The zero-order valence-electron chi connectivity index (χ0n) is 11.2. The lowest BCUT2D eigenvalue weighted by molar-refractivity contribution is -0.693. The molecule has 3 heteroatoms. The fraction of sp³-hybridized carbons (Fsp3) is 0.188. The number of hydrogen-bond acceptors (Lipinski definition) is 1. The van der Waals surface area contributed by atoms with Gasteiger partial charge in [0.25, 0.3) is 0 Å². The first-order valence-corrected chi connectivity index (χ1v) is 6.13. The Labute approximate surface area is 131 Å². The Kier molecular flexibility index (Phi) is 6.56. The SMILES string of the molecule is CC[n+]1ccc(/C=C/c2ccccc2OC)cc1.[I-]. The van der Waals surface area contributed by atoms with Crippen LogP contribution in [-0.4, -0.2) is 7.11 Å². The number of benzene rings is 1. The molecule has 0 amide bonds. The molecule has 1 aromatic heterocycles. The van der Waals surface area contributed by atoms with Crippen molar-refractivity contribution < 1.29 is 33.3 Å². The van der Waals surface area contributed by atoms with Gasteiger partial charge in [0, 0.05) is 17.7 Å². The van der Waals surface area contributed by atoms with Gasteiger partial charge in [-0.2, -0.15) is 0 Å². The summed E-state index contributed by atoms with van der Waals surface area (Å²) in [4.78, 5) is 0. The Bertz CT molecular complexity index is 535. The maximum Gasteiger partial charge on any atom is 0.169 e. The summed E-state index contributed by atoms with van der Waals surface area (Å²) >= 11 is 0. The Morgan fingerprint density at radius 1 is 1.05 bits per heavy atom. The fourth-order valence-electron chi connectivity index (χ4n) is 1.78. The van der Waals surface area contributed by atoms with E-state index in [-0.39, 0.29) is 24.0 Å². The lowest BCUT2D eigenvalue weighted by Gasteiger charge is -2.03. The normalized spacial score (nSPS) is 10.2. The van der Waals surface area contributed by atoms with E-state index in [1.54, 1.807) is 7.11 Å². The second-order valence-electron chi connectivity index (χ2n) is 4.04. The second-order valence-corrected chi connectivity index (χ2v) is 4.04. The van der Waals surface area contributed by atoms with E-state index in [2.05, 4.69) is 48.2 Å². The van der Waals surface area contributed by atoms with Crippen LogP contribution < -0.4 is 33.3 Å². The maximum absolute atomic E-state index is 5.31.